The van der Waals surface area contributed by atoms with Crippen molar-refractivity contribution in [2.75, 3.05) is 24.0 Å². The van der Waals surface area contributed by atoms with Gasteiger partial charge < -0.3 is 15.0 Å². The van der Waals surface area contributed by atoms with Gasteiger partial charge in [-0.25, -0.2) is 12.8 Å². The molecule has 3 aromatic carbocycles. The number of sulfonamides is 1. The number of nitrogens with one attached hydrogen (secondary N) is 1. The maximum absolute atomic E-state index is 14.0. The van der Waals surface area contributed by atoms with Gasteiger partial charge in [0, 0.05) is 18.1 Å². The summed E-state index contributed by atoms with van der Waals surface area (Å²) in [7, 11) is -4.29. The molecule has 0 heterocycles. The summed E-state index contributed by atoms with van der Waals surface area (Å²) < 4.78 is 47.9. The van der Waals surface area contributed by atoms with Crippen LogP contribution < -0.4 is 14.4 Å². The maximum atomic E-state index is 14.0. The van der Waals surface area contributed by atoms with Crippen molar-refractivity contribution >= 4 is 39.1 Å². The van der Waals surface area contributed by atoms with Gasteiger partial charge in [-0.3, -0.25) is 13.9 Å². The first-order valence-electron chi connectivity index (χ1n) is 13.4. The second-order valence-electron chi connectivity index (χ2n) is 9.22. The van der Waals surface area contributed by atoms with Gasteiger partial charge in [-0.15, -0.1) is 0 Å². The highest BCUT2D eigenvalue weighted by Crippen LogP contribution is 2.27. The Morgan fingerprint density at radius 3 is 2.22 bits per heavy atom. The Labute approximate surface area is 246 Å². The highest BCUT2D eigenvalue weighted by atomic mass is 35.5. The van der Waals surface area contributed by atoms with E-state index in [2.05, 4.69) is 5.32 Å². The van der Waals surface area contributed by atoms with Gasteiger partial charge in [-0.1, -0.05) is 43.6 Å². The molecule has 220 valence electrons. The molecule has 0 spiro atoms. The Morgan fingerprint density at radius 2 is 1.63 bits per heavy atom. The lowest BCUT2D eigenvalue weighted by Crippen LogP contribution is -2.52. The van der Waals surface area contributed by atoms with Crippen LogP contribution in [-0.2, 0) is 26.2 Å². The zero-order chi connectivity index (χ0) is 30.0. The number of ether oxygens (including phenoxy) is 1. The number of carbonyl (C=O) groups excluding carboxylic acids is 2. The van der Waals surface area contributed by atoms with E-state index in [4.69, 9.17) is 16.3 Å². The zero-order valence-corrected chi connectivity index (χ0v) is 24.9. The van der Waals surface area contributed by atoms with Crippen LogP contribution >= 0.6 is 11.6 Å². The molecule has 3 aromatic rings. The van der Waals surface area contributed by atoms with E-state index in [0.29, 0.717) is 35.9 Å². The fourth-order valence-electron chi connectivity index (χ4n) is 4.23. The summed E-state index contributed by atoms with van der Waals surface area (Å²) in [6.45, 7) is 5.69. The van der Waals surface area contributed by atoms with Gasteiger partial charge in [-0.2, -0.15) is 0 Å². The van der Waals surface area contributed by atoms with Crippen molar-refractivity contribution in [3.05, 3.63) is 89.2 Å². The standard InChI is InChI=1S/C30H35ClFN3O5S/c1-4-19-33-30(37)28(5-2)34(20-22-9-7-8-10-27(22)31)29(36)21-35(24-13-11-23(32)12-14-24)41(38,39)26-17-15-25(16-18-26)40-6-3/h7-18,28H,4-6,19-21H2,1-3H3,(H,33,37)/t28-/m1/s1. The lowest BCUT2D eigenvalue weighted by atomic mass is 10.1. The third kappa shape index (κ3) is 8.20. The molecular formula is C30H35ClFN3O5S. The number of nitrogens with zero attached hydrogens (tertiary/aromatic N) is 2. The van der Waals surface area contributed by atoms with E-state index >= 15 is 0 Å². The Kier molecular flexibility index (Phi) is 11.5. The molecule has 3 rings (SSSR count). The van der Waals surface area contributed by atoms with Crippen LogP contribution in [0.3, 0.4) is 0 Å². The molecule has 0 fully saturated rings. The number of amides is 2. The lowest BCUT2D eigenvalue weighted by molar-refractivity contribution is -0.140. The quantitative estimate of drug-likeness (QED) is 0.266. The van der Waals surface area contributed by atoms with Gasteiger partial charge >= 0.3 is 0 Å². The molecular weight excluding hydrogens is 569 g/mol. The van der Waals surface area contributed by atoms with E-state index in [0.717, 1.165) is 16.4 Å². The second-order valence-corrected chi connectivity index (χ2v) is 11.5. The lowest BCUT2D eigenvalue weighted by Gasteiger charge is -2.33. The number of hydrogen-bond acceptors (Lipinski definition) is 5. The first kappa shape index (κ1) is 31.9. The average molecular weight is 604 g/mol. The van der Waals surface area contributed by atoms with Crippen molar-refractivity contribution < 1.29 is 27.1 Å². The Balaban J connectivity index is 2.05. The van der Waals surface area contributed by atoms with Crippen molar-refractivity contribution in [1.82, 2.24) is 10.2 Å². The van der Waals surface area contributed by atoms with Crippen LogP contribution in [0.5, 0.6) is 5.75 Å². The molecule has 0 aliphatic rings. The molecule has 0 radical (unpaired) electrons. The molecule has 0 aromatic heterocycles. The number of anilines is 1. The SMILES string of the molecule is CCCNC(=O)[C@@H](CC)N(Cc1ccccc1Cl)C(=O)CN(c1ccc(F)cc1)S(=O)(=O)c1ccc(OCC)cc1. The molecule has 11 heteroatoms. The summed E-state index contributed by atoms with van der Waals surface area (Å²) in [5.74, 6) is -1.04. The normalized spacial score (nSPS) is 11.9. The summed E-state index contributed by atoms with van der Waals surface area (Å²) in [5.41, 5.74) is 0.696. The summed E-state index contributed by atoms with van der Waals surface area (Å²) in [6.07, 6.45) is 0.993. The number of halogens is 2. The van der Waals surface area contributed by atoms with Gasteiger partial charge in [0.2, 0.25) is 11.8 Å². The van der Waals surface area contributed by atoms with Crippen molar-refractivity contribution in [1.29, 1.82) is 0 Å². The molecule has 8 nitrogen and oxygen atoms in total. The topological polar surface area (TPSA) is 96.0 Å². The molecule has 2 amide bonds. The van der Waals surface area contributed by atoms with E-state index in [1.807, 2.05) is 13.8 Å². The van der Waals surface area contributed by atoms with Crippen molar-refractivity contribution in [2.24, 2.45) is 0 Å². The number of carbonyl (C=O) groups is 2. The molecule has 0 aliphatic heterocycles. The van der Waals surface area contributed by atoms with Gasteiger partial charge in [0.1, 0.15) is 24.2 Å². The van der Waals surface area contributed by atoms with Crippen LogP contribution in [0.15, 0.2) is 77.7 Å². The minimum Gasteiger partial charge on any atom is -0.494 e. The fraction of sp³-hybridized carbons (Fsp3) is 0.333. The van der Waals surface area contributed by atoms with E-state index in [-0.39, 0.29) is 29.5 Å². The van der Waals surface area contributed by atoms with Crippen molar-refractivity contribution in [2.45, 2.75) is 51.1 Å². The molecule has 0 aliphatic carbocycles. The fourth-order valence-corrected chi connectivity index (χ4v) is 5.84. The summed E-state index contributed by atoms with van der Waals surface area (Å²) in [6, 6.07) is 16.7. The molecule has 0 bridgehead atoms. The number of hydrogen-bond donors (Lipinski definition) is 1. The smallest absolute Gasteiger partial charge is 0.264 e. The van der Waals surface area contributed by atoms with Crippen LogP contribution in [0.1, 0.15) is 39.2 Å². The third-order valence-electron chi connectivity index (χ3n) is 6.35. The first-order valence-corrected chi connectivity index (χ1v) is 15.3. The van der Waals surface area contributed by atoms with Gasteiger partial charge in [0.05, 0.1) is 17.2 Å². The van der Waals surface area contributed by atoms with Crippen molar-refractivity contribution in [3.8, 4) is 5.75 Å². The highest BCUT2D eigenvalue weighted by molar-refractivity contribution is 7.92. The molecule has 0 saturated carbocycles. The largest absolute Gasteiger partial charge is 0.494 e. The van der Waals surface area contributed by atoms with E-state index < -0.39 is 34.3 Å². The summed E-state index contributed by atoms with van der Waals surface area (Å²) in [5, 5.41) is 3.24. The highest BCUT2D eigenvalue weighted by Gasteiger charge is 2.34. The molecule has 0 unspecified atom stereocenters. The average Bonchev–Trinajstić information content (AvgIpc) is 2.96. The summed E-state index contributed by atoms with van der Waals surface area (Å²) in [4.78, 5) is 28.4. The monoisotopic (exact) mass is 603 g/mol. The summed E-state index contributed by atoms with van der Waals surface area (Å²) >= 11 is 6.40. The Bertz CT molecular complexity index is 1420. The maximum Gasteiger partial charge on any atom is 0.264 e. The minimum atomic E-state index is -4.29. The number of benzene rings is 3. The van der Waals surface area contributed by atoms with E-state index in [1.165, 1.54) is 41.3 Å². The zero-order valence-electron chi connectivity index (χ0n) is 23.3. The van der Waals surface area contributed by atoms with E-state index in [9.17, 15) is 22.4 Å². The van der Waals surface area contributed by atoms with Crippen molar-refractivity contribution in [3.63, 3.8) is 0 Å². The molecule has 0 saturated heterocycles. The predicted octanol–water partition coefficient (Wildman–Crippen LogP) is 5.41. The van der Waals surface area contributed by atoms with Gasteiger partial charge in [0.15, 0.2) is 0 Å². The van der Waals surface area contributed by atoms with Gasteiger partial charge in [-0.05, 0) is 79.9 Å². The molecule has 41 heavy (non-hydrogen) atoms. The predicted molar refractivity (Wildman–Crippen MR) is 158 cm³/mol. The van der Waals surface area contributed by atoms with Crippen LogP contribution in [0.25, 0.3) is 0 Å². The molecule has 1 N–H and O–H groups in total. The number of rotatable bonds is 14. The van der Waals surface area contributed by atoms with Crippen LogP contribution in [-0.4, -0.2) is 50.9 Å². The van der Waals surface area contributed by atoms with Crippen LogP contribution in [0, 0.1) is 5.82 Å². The van der Waals surface area contributed by atoms with Crippen LogP contribution in [0.2, 0.25) is 5.02 Å². The minimum absolute atomic E-state index is 0.0169. The second kappa shape index (κ2) is 14.8. The van der Waals surface area contributed by atoms with Crippen LogP contribution in [0.4, 0.5) is 10.1 Å². The Hall–Kier alpha value is -3.63. The van der Waals surface area contributed by atoms with E-state index in [1.54, 1.807) is 31.2 Å². The van der Waals surface area contributed by atoms with Gasteiger partial charge in [0.25, 0.3) is 10.0 Å². The third-order valence-corrected chi connectivity index (χ3v) is 8.51. The Morgan fingerprint density at radius 1 is 0.976 bits per heavy atom. The first-order chi connectivity index (χ1) is 19.6. The molecule has 1 atom stereocenters.